The molecule has 2 N–H and O–H groups in total. The highest BCUT2D eigenvalue weighted by Crippen LogP contribution is 2.49. The van der Waals surface area contributed by atoms with E-state index < -0.39 is 62.7 Å². The van der Waals surface area contributed by atoms with Gasteiger partial charge in [-0.2, -0.15) is 0 Å². The zero-order valence-corrected chi connectivity index (χ0v) is 41.9. The molecule has 1 saturated heterocycles. The third kappa shape index (κ3) is 12.8. The minimum absolute atomic E-state index is 0.0500. The van der Waals surface area contributed by atoms with Crippen LogP contribution in [-0.2, 0) is 30.2 Å². The van der Waals surface area contributed by atoms with Crippen molar-refractivity contribution < 1.29 is 71.8 Å². The summed E-state index contributed by atoms with van der Waals surface area (Å²) in [6.45, 7) is 6.30. The number of nitro benzene ring substituents is 3. The van der Waals surface area contributed by atoms with Crippen molar-refractivity contribution in [1.29, 1.82) is 0 Å². The molecule has 2 aliphatic heterocycles. The molecule has 2 aliphatic rings. The number of alkyl carbamates (subject to hydrolysis) is 2. The maximum Gasteiger partial charge on any atom is 0.421 e. The number of quaternary nitrogens is 1. The van der Waals surface area contributed by atoms with Crippen molar-refractivity contribution >= 4 is 75.8 Å². The molecule has 0 radical (unpaired) electrons. The summed E-state index contributed by atoms with van der Waals surface area (Å²) in [6, 6.07) is 23.7. The van der Waals surface area contributed by atoms with E-state index in [0.717, 1.165) is 77.0 Å². The maximum absolute atomic E-state index is 13.8. The SMILES string of the molecule is CC(C)[C@H]1C(=O)N2C(C(=O)OC(=O)c3ccc([N+](=O)[O-])cc3)=C(COc3cccc4c(CC[N+](C)(C)CCN=C(NC(=O)OC(=O)c5ccc([N+](=O)[O-])cc5)NC(=O)OC(=O)c5ccc([N+](=O)[O-])cc5)cccc34)[C@H](C)[C@H]12. The Hall–Kier alpha value is -9.78. The number of fused-ring (bicyclic) bond motifs is 2. The maximum atomic E-state index is 13.8. The molecule has 398 valence electrons. The van der Waals surface area contributed by atoms with Gasteiger partial charge in [0.05, 0.1) is 77.1 Å². The summed E-state index contributed by atoms with van der Waals surface area (Å²) in [4.78, 5) is 128. The van der Waals surface area contributed by atoms with Crippen molar-refractivity contribution in [2.75, 3.05) is 40.3 Å². The molecule has 0 unspecified atom stereocenters. The lowest BCUT2D eigenvalue weighted by Crippen LogP contribution is -2.62. The summed E-state index contributed by atoms with van der Waals surface area (Å²) in [7, 11) is 3.81. The van der Waals surface area contributed by atoms with Crippen LogP contribution in [0.1, 0.15) is 57.4 Å². The Morgan fingerprint density at radius 2 is 1.12 bits per heavy atom. The number of non-ortho nitro benzene ring substituents is 3. The number of nitrogens with zero attached hydrogens (tertiary/aromatic N) is 6. The van der Waals surface area contributed by atoms with Gasteiger partial charge < -0.3 is 28.3 Å². The normalized spacial score (nSPS) is 15.6. The summed E-state index contributed by atoms with van der Waals surface area (Å²) < 4.78 is 21.6. The van der Waals surface area contributed by atoms with E-state index in [2.05, 4.69) is 15.6 Å². The summed E-state index contributed by atoms with van der Waals surface area (Å²) >= 11 is 0. The molecule has 7 rings (SSSR count). The van der Waals surface area contributed by atoms with Gasteiger partial charge in [0.15, 0.2) is 0 Å². The third-order valence-corrected chi connectivity index (χ3v) is 13.0. The number of ether oxygens (including phenoxy) is 4. The van der Waals surface area contributed by atoms with Crippen LogP contribution in [-0.4, -0.2) is 118 Å². The average molecular weight is 1060 g/mol. The van der Waals surface area contributed by atoms with Gasteiger partial charge in [-0.1, -0.05) is 51.1 Å². The van der Waals surface area contributed by atoms with E-state index in [1.807, 2.05) is 65.2 Å². The Labute approximate surface area is 437 Å². The molecule has 0 aliphatic carbocycles. The summed E-state index contributed by atoms with van der Waals surface area (Å²) in [6.07, 6.45) is -2.33. The first kappa shape index (κ1) is 55.0. The van der Waals surface area contributed by atoms with Crippen molar-refractivity contribution in [2.24, 2.45) is 22.7 Å². The molecule has 25 heteroatoms. The van der Waals surface area contributed by atoms with Gasteiger partial charge in [-0.05, 0) is 59.3 Å². The first-order valence-corrected chi connectivity index (χ1v) is 23.7. The van der Waals surface area contributed by atoms with Gasteiger partial charge in [0.25, 0.3) is 17.1 Å². The number of nitrogens with one attached hydrogen (secondary N) is 2. The molecular weight excluding hydrogens is 1010 g/mol. The van der Waals surface area contributed by atoms with Crippen LogP contribution in [0.15, 0.2) is 125 Å². The second-order valence-corrected chi connectivity index (χ2v) is 18.7. The van der Waals surface area contributed by atoms with Gasteiger partial charge in [-0.3, -0.25) is 45.8 Å². The Kier molecular flexibility index (Phi) is 16.6. The number of amides is 3. The van der Waals surface area contributed by atoms with Crippen LogP contribution in [0.4, 0.5) is 26.7 Å². The van der Waals surface area contributed by atoms with E-state index in [9.17, 15) is 63.9 Å². The number of guanidine groups is 1. The topological polar surface area (TPSA) is 325 Å². The predicted octanol–water partition coefficient (Wildman–Crippen LogP) is 6.82. The number of rotatable bonds is 17. The van der Waals surface area contributed by atoms with Crippen LogP contribution in [0.2, 0.25) is 0 Å². The lowest BCUT2D eigenvalue weighted by atomic mass is 9.74. The van der Waals surface area contributed by atoms with Crippen LogP contribution in [0, 0.1) is 48.1 Å². The molecule has 0 bridgehead atoms. The number of β-lactam (4-membered cyclic amide) rings is 1. The number of carbonyl (C=O) groups excluding carboxylic acids is 7. The monoisotopic (exact) mass is 1060 g/mol. The van der Waals surface area contributed by atoms with Gasteiger partial charge in [-0.15, -0.1) is 0 Å². The Morgan fingerprint density at radius 1 is 0.649 bits per heavy atom. The molecule has 3 amide bonds. The standard InChI is InChI=1S/C52H48N8O17/c1-29(2)42-43-30(3)40(44(56(43)45(42)61)49(65)75-46(62)32-12-18-35(19-13-32)57(68)69)28-74-41-11-7-9-38-31(8-6-10-39(38)41)24-26-60(4,5)27-25-53-50(54-51(66)76-47(63)33-14-20-36(21-15-33)58(70)71)55-52(67)77-48(64)34-16-22-37(23-17-34)59(72)73/h6-23,29-30,42-43H,24-28H2,1-5H3,(H-,53,54,55,66,67)/p+1/t30-,42+,43+/m0/s1. The number of aliphatic imine (C=N–C) groups is 1. The number of hydrogen-bond acceptors (Lipinski definition) is 18. The summed E-state index contributed by atoms with van der Waals surface area (Å²) in [5, 5.41) is 39.0. The zero-order chi connectivity index (χ0) is 55.9. The van der Waals surface area contributed by atoms with Crippen molar-refractivity contribution in [1.82, 2.24) is 15.5 Å². The van der Waals surface area contributed by atoms with E-state index in [0.29, 0.717) is 28.8 Å². The number of nitro groups is 3. The number of hydrogen-bond donors (Lipinski definition) is 2. The second kappa shape index (κ2) is 23.2. The van der Waals surface area contributed by atoms with Crippen molar-refractivity contribution in [3.63, 3.8) is 0 Å². The van der Waals surface area contributed by atoms with Crippen molar-refractivity contribution in [3.8, 4) is 5.75 Å². The molecule has 2 heterocycles. The fourth-order valence-electron chi connectivity index (χ4n) is 8.81. The lowest BCUT2D eigenvalue weighted by molar-refractivity contribution is -0.888. The quantitative estimate of drug-likeness (QED) is 0.0111. The largest absolute Gasteiger partial charge is 0.488 e. The van der Waals surface area contributed by atoms with Crippen molar-refractivity contribution in [3.05, 3.63) is 173 Å². The lowest BCUT2D eigenvalue weighted by Gasteiger charge is -2.47. The third-order valence-electron chi connectivity index (χ3n) is 13.0. The molecule has 0 spiro atoms. The van der Waals surface area contributed by atoms with Gasteiger partial charge in [0, 0.05) is 59.7 Å². The Balaban J connectivity index is 1.03. The Morgan fingerprint density at radius 3 is 1.60 bits per heavy atom. The van der Waals surface area contributed by atoms with Crippen LogP contribution < -0.4 is 15.4 Å². The highest BCUT2D eigenvalue weighted by atomic mass is 16.6. The number of benzene rings is 5. The van der Waals surface area contributed by atoms with Crippen LogP contribution in [0.3, 0.4) is 0 Å². The molecule has 0 saturated carbocycles. The van der Waals surface area contributed by atoms with E-state index in [1.54, 1.807) is 6.07 Å². The van der Waals surface area contributed by atoms with Gasteiger partial charge in [0.2, 0.25) is 11.9 Å². The highest BCUT2D eigenvalue weighted by Gasteiger charge is 2.59. The molecule has 77 heavy (non-hydrogen) atoms. The smallest absolute Gasteiger partial charge is 0.421 e. The zero-order valence-electron chi connectivity index (χ0n) is 41.9. The molecule has 1 fully saturated rings. The highest BCUT2D eigenvalue weighted by molar-refractivity contribution is 6.08. The second-order valence-electron chi connectivity index (χ2n) is 18.7. The number of esters is 4. The predicted molar refractivity (Wildman–Crippen MR) is 270 cm³/mol. The molecule has 25 nitrogen and oxygen atoms in total. The molecule has 5 aromatic rings. The average Bonchev–Trinajstić information content (AvgIpc) is 3.63. The van der Waals surface area contributed by atoms with E-state index in [-0.39, 0.29) is 82.9 Å². The van der Waals surface area contributed by atoms with Gasteiger partial charge in [0.1, 0.15) is 18.1 Å². The van der Waals surface area contributed by atoms with Gasteiger partial charge in [-0.25, -0.2) is 33.8 Å². The molecule has 0 aromatic heterocycles. The fraction of sp³-hybridized carbons (Fsp3) is 0.269. The minimum atomic E-state index is -1.42. The van der Waals surface area contributed by atoms with E-state index in [1.165, 1.54) is 17.0 Å². The first-order valence-electron chi connectivity index (χ1n) is 23.7. The minimum Gasteiger partial charge on any atom is -0.488 e. The van der Waals surface area contributed by atoms with Crippen LogP contribution in [0.25, 0.3) is 10.8 Å². The Bertz CT molecular complexity index is 3200. The fourth-order valence-corrected chi connectivity index (χ4v) is 8.81. The van der Waals surface area contributed by atoms with Crippen molar-refractivity contribution in [2.45, 2.75) is 33.2 Å². The van der Waals surface area contributed by atoms with Gasteiger partial charge >= 0.3 is 36.1 Å². The molecule has 5 aromatic carbocycles. The van der Waals surface area contributed by atoms with Crippen LogP contribution >= 0.6 is 0 Å². The van der Waals surface area contributed by atoms with Crippen LogP contribution in [0.5, 0.6) is 5.75 Å². The first-order chi connectivity index (χ1) is 36.5. The summed E-state index contributed by atoms with van der Waals surface area (Å²) in [5.74, 6) is -5.71. The summed E-state index contributed by atoms with van der Waals surface area (Å²) in [5.41, 5.74) is -0.130. The van der Waals surface area contributed by atoms with E-state index in [4.69, 9.17) is 18.9 Å². The van der Waals surface area contributed by atoms with E-state index >= 15 is 0 Å². The number of carbonyl (C=O) groups is 7. The molecule has 3 atom stereocenters. The number of likely N-dealkylation sites (N-methyl/N-ethyl adjacent to an activating group) is 1. The molecular formula is C52H49N8O17+.